The van der Waals surface area contributed by atoms with E-state index in [9.17, 15) is 4.79 Å². The van der Waals surface area contributed by atoms with Crippen molar-refractivity contribution in [3.63, 3.8) is 0 Å². The largest absolute Gasteiger partial charge is 0.394 e. The zero-order valence-electron chi connectivity index (χ0n) is 10.1. The van der Waals surface area contributed by atoms with E-state index in [1.165, 1.54) is 10.9 Å². The van der Waals surface area contributed by atoms with Crippen LogP contribution in [0.5, 0.6) is 0 Å². The fourth-order valence-electron chi connectivity index (χ4n) is 1.29. The summed E-state index contributed by atoms with van der Waals surface area (Å²) in [4.78, 5) is 30.0. The Balaban J connectivity index is 0.000000444. The average molecular weight is 288 g/mol. The molecule has 0 aliphatic rings. The van der Waals surface area contributed by atoms with Crippen molar-refractivity contribution in [2.75, 3.05) is 18.9 Å². The van der Waals surface area contributed by atoms with Gasteiger partial charge in [-0.15, -0.1) is 10.1 Å². The van der Waals surface area contributed by atoms with Gasteiger partial charge in [0, 0.05) is 0 Å². The number of aliphatic hydroxyl groups excluding tert-OH is 1. The molecule has 0 spiro atoms. The molecule has 12 heteroatoms. The number of hydrogen-bond acceptors (Lipinski definition) is 8. The van der Waals surface area contributed by atoms with E-state index < -0.39 is 5.09 Å². The monoisotopic (exact) mass is 288 g/mol. The average Bonchev–Trinajstić information content (AvgIpc) is 2.72. The summed E-state index contributed by atoms with van der Waals surface area (Å²) in [6, 6.07) is 0. The molecule has 0 saturated heterocycles. The summed E-state index contributed by atoms with van der Waals surface area (Å²) in [5.74, 6) is 0.0291. The van der Waals surface area contributed by atoms with Crippen molar-refractivity contribution in [1.82, 2.24) is 19.5 Å². The molecule has 0 amide bonds. The molecule has 0 radical (unpaired) electrons. The van der Waals surface area contributed by atoms with Crippen molar-refractivity contribution in [3.05, 3.63) is 26.8 Å². The number of ether oxygens (including phenoxy) is 1. The highest BCUT2D eigenvalue weighted by Crippen LogP contribution is 2.05. The molecule has 0 aliphatic carbocycles. The van der Waals surface area contributed by atoms with Crippen LogP contribution in [0.15, 0.2) is 11.1 Å². The first kappa shape index (κ1) is 15.3. The molecule has 0 unspecified atom stereocenters. The zero-order valence-corrected chi connectivity index (χ0v) is 10.1. The number of nitrogen functional groups attached to an aromatic ring is 1. The van der Waals surface area contributed by atoms with Crippen LogP contribution < -0.4 is 11.3 Å². The third-order valence-corrected chi connectivity index (χ3v) is 1.96. The molecule has 0 bridgehead atoms. The summed E-state index contributed by atoms with van der Waals surface area (Å²) >= 11 is 0. The highest BCUT2D eigenvalue weighted by atomic mass is 16.9. The van der Waals surface area contributed by atoms with E-state index in [0.29, 0.717) is 5.65 Å². The zero-order chi connectivity index (χ0) is 15.1. The summed E-state index contributed by atoms with van der Waals surface area (Å²) in [7, 11) is 0. The van der Waals surface area contributed by atoms with Gasteiger partial charge in [0.05, 0.1) is 19.5 Å². The van der Waals surface area contributed by atoms with Gasteiger partial charge in [-0.3, -0.25) is 14.3 Å². The number of fused-ring (bicyclic) bond motifs is 1. The van der Waals surface area contributed by atoms with Gasteiger partial charge in [-0.1, -0.05) is 0 Å². The molecule has 5 N–H and O–H groups in total. The van der Waals surface area contributed by atoms with Crippen LogP contribution in [0, 0.1) is 10.1 Å². The number of imidazole rings is 1. The second kappa shape index (κ2) is 7.01. The quantitative estimate of drug-likeness (QED) is 0.290. The number of nitrogens with one attached hydrogen (secondary N) is 1. The fraction of sp³-hybridized carbons (Fsp3) is 0.375. The van der Waals surface area contributed by atoms with Crippen LogP contribution in [0.4, 0.5) is 5.95 Å². The summed E-state index contributed by atoms with van der Waals surface area (Å²) in [6.45, 7) is 0.300. The van der Waals surface area contributed by atoms with Crippen molar-refractivity contribution >= 4 is 17.1 Å². The van der Waals surface area contributed by atoms with Crippen molar-refractivity contribution in [2.24, 2.45) is 0 Å². The van der Waals surface area contributed by atoms with Gasteiger partial charge in [0.2, 0.25) is 5.95 Å². The standard InChI is InChI=1S/C8H11N5O3.HNO3/c9-8-11-6-5(7(15)12-8)10-3-13(6)4-16-2-1-14;2-1(3)4/h3,14H,1-2,4H2,(H3,9,11,12,15);(H,2,3,4). The molecule has 2 rings (SSSR count). The van der Waals surface area contributed by atoms with Crippen LogP contribution in [-0.2, 0) is 11.5 Å². The SMILES string of the molecule is Nc1nc2c(ncn2COCCO)c(=O)[nH]1.O=[N+]([O-])O. The predicted octanol–water partition coefficient (Wildman–Crippen LogP) is -1.68. The first-order chi connectivity index (χ1) is 9.45. The number of anilines is 1. The van der Waals surface area contributed by atoms with Crippen LogP contribution in [0.3, 0.4) is 0 Å². The van der Waals surface area contributed by atoms with Gasteiger partial charge in [-0.05, 0) is 0 Å². The lowest BCUT2D eigenvalue weighted by Crippen LogP contribution is -2.13. The highest BCUT2D eigenvalue weighted by molar-refractivity contribution is 5.70. The minimum Gasteiger partial charge on any atom is -0.394 e. The van der Waals surface area contributed by atoms with Gasteiger partial charge >= 0.3 is 0 Å². The lowest BCUT2D eigenvalue weighted by atomic mass is 10.5. The first-order valence-corrected chi connectivity index (χ1v) is 5.18. The minimum atomic E-state index is -1.50. The molecule has 110 valence electrons. The molecule has 0 atom stereocenters. The van der Waals surface area contributed by atoms with Crippen molar-refractivity contribution in [1.29, 1.82) is 0 Å². The summed E-state index contributed by atoms with van der Waals surface area (Å²) in [5, 5.41) is 22.2. The Hall–Kier alpha value is -2.73. The molecular formula is C8H12N6O6. The summed E-state index contributed by atoms with van der Waals surface area (Å²) in [5.41, 5.74) is 5.60. The Bertz CT molecular complexity index is 632. The van der Waals surface area contributed by atoms with E-state index >= 15 is 0 Å². The molecular weight excluding hydrogens is 276 g/mol. The number of rotatable bonds is 4. The Kier molecular flexibility index (Phi) is 5.37. The van der Waals surface area contributed by atoms with Crippen molar-refractivity contribution < 1.29 is 20.1 Å². The highest BCUT2D eigenvalue weighted by Gasteiger charge is 2.08. The molecule has 20 heavy (non-hydrogen) atoms. The number of nitrogens with two attached hydrogens (primary N) is 1. The van der Waals surface area contributed by atoms with Gasteiger partial charge in [-0.2, -0.15) is 4.98 Å². The van der Waals surface area contributed by atoms with Gasteiger partial charge in [0.25, 0.3) is 10.6 Å². The summed E-state index contributed by atoms with van der Waals surface area (Å²) in [6.07, 6.45) is 1.43. The van der Waals surface area contributed by atoms with Crippen molar-refractivity contribution in [2.45, 2.75) is 6.73 Å². The lowest BCUT2D eigenvalue weighted by Gasteiger charge is -2.03. The van der Waals surface area contributed by atoms with Crippen molar-refractivity contribution in [3.8, 4) is 0 Å². The Morgan fingerprint density at radius 3 is 2.85 bits per heavy atom. The van der Waals surface area contributed by atoms with E-state index in [-0.39, 0.29) is 37.0 Å². The van der Waals surface area contributed by atoms with Crippen LogP contribution in [0.1, 0.15) is 0 Å². The number of aliphatic hydroxyl groups is 1. The molecule has 0 aromatic carbocycles. The van der Waals surface area contributed by atoms with E-state index in [0.717, 1.165) is 0 Å². The Morgan fingerprint density at radius 2 is 2.25 bits per heavy atom. The number of H-pyrrole nitrogens is 1. The number of nitrogens with zero attached hydrogens (tertiary/aromatic N) is 4. The van der Waals surface area contributed by atoms with Crippen LogP contribution >= 0.6 is 0 Å². The number of aromatic nitrogens is 4. The van der Waals surface area contributed by atoms with E-state index in [1.807, 2.05) is 0 Å². The number of aromatic amines is 1. The topological polar surface area (TPSA) is 182 Å². The van der Waals surface area contributed by atoms with E-state index in [1.54, 1.807) is 0 Å². The second-order valence-electron chi connectivity index (χ2n) is 3.34. The molecule has 2 heterocycles. The Labute approximate surface area is 110 Å². The minimum absolute atomic E-state index is 0.0291. The van der Waals surface area contributed by atoms with Gasteiger partial charge in [0.1, 0.15) is 6.73 Å². The third-order valence-electron chi connectivity index (χ3n) is 1.96. The summed E-state index contributed by atoms with van der Waals surface area (Å²) < 4.78 is 6.63. The molecule has 0 saturated carbocycles. The molecule has 0 aliphatic heterocycles. The van der Waals surface area contributed by atoms with Crippen LogP contribution in [-0.4, -0.2) is 48.1 Å². The van der Waals surface area contributed by atoms with Gasteiger partial charge in [0.15, 0.2) is 11.2 Å². The number of hydrogen-bond donors (Lipinski definition) is 4. The molecule has 0 fully saturated rings. The van der Waals surface area contributed by atoms with Crippen LogP contribution in [0.2, 0.25) is 0 Å². The van der Waals surface area contributed by atoms with Gasteiger partial charge < -0.3 is 20.8 Å². The third kappa shape index (κ3) is 4.18. The van der Waals surface area contributed by atoms with E-state index in [2.05, 4.69) is 15.0 Å². The Morgan fingerprint density at radius 1 is 1.60 bits per heavy atom. The predicted molar refractivity (Wildman–Crippen MR) is 64.4 cm³/mol. The van der Waals surface area contributed by atoms with Gasteiger partial charge in [-0.25, -0.2) is 4.98 Å². The smallest absolute Gasteiger partial charge is 0.291 e. The van der Waals surface area contributed by atoms with E-state index in [4.69, 9.17) is 30.9 Å². The maximum absolute atomic E-state index is 11.4. The maximum atomic E-state index is 11.4. The molecule has 2 aromatic heterocycles. The fourth-order valence-corrected chi connectivity index (χ4v) is 1.29. The maximum Gasteiger partial charge on any atom is 0.291 e. The molecule has 2 aromatic rings. The second-order valence-corrected chi connectivity index (χ2v) is 3.34. The first-order valence-electron chi connectivity index (χ1n) is 5.18. The lowest BCUT2D eigenvalue weighted by molar-refractivity contribution is -0.742. The normalized spacial score (nSPS) is 10.1. The molecule has 12 nitrogen and oxygen atoms in total. The van der Waals surface area contributed by atoms with Crippen LogP contribution in [0.25, 0.3) is 11.2 Å².